The summed E-state index contributed by atoms with van der Waals surface area (Å²) in [4.78, 5) is 4.23. The molecule has 0 aromatic carbocycles. The monoisotopic (exact) mass is 247 g/mol. The van der Waals surface area contributed by atoms with Gasteiger partial charge in [0.2, 0.25) is 0 Å². The SMILES string of the molecule is CCNC(=NCCS(C)(=O)=O)NC1CC1C. The molecule has 0 radical (unpaired) electrons. The Balaban J connectivity index is 2.39. The summed E-state index contributed by atoms with van der Waals surface area (Å²) in [5.41, 5.74) is 0. The third-order valence-corrected chi connectivity index (χ3v) is 3.43. The van der Waals surface area contributed by atoms with Gasteiger partial charge in [-0.1, -0.05) is 6.92 Å². The van der Waals surface area contributed by atoms with Gasteiger partial charge in [-0.15, -0.1) is 0 Å². The molecule has 0 aliphatic heterocycles. The molecule has 0 saturated heterocycles. The number of sulfone groups is 1. The molecule has 2 atom stereocenters. The van der Waals surface area contributed by atoms with Gasteiger partial charge in [0.15, 0.2) is 5.96 Å². The average molecular weight is 247 g/mol. The van der Waals surface area contributed by atoms with Crippen LogP contribution >= 0.6 is 0 Å². The minimum Gasteiger partial charge on any atom is -0.357 e. The molecule has 0 heterocycles. The van der Waals surface area contributed by atoms with Crippen molar-refractivity contribution >= 4 is 15.8 Å². The second-order valence-corrected chi connectivity index (χ2v) is 6.61. The Labute approximate surface area is 97.6 Å². The average Bonchev–Trinajstić information content (AvgIpc) is 2.79. The van der Waals surface area contributed by atoms with Crippen LogP contribution in [0.3, 0.4) is 0 Å². The maximum Gasteiger partial charge on any atom is 0.191 e. The summed E-state index contributed by atoms with van der Waals surface area (Å²) in [5.74, 6) is 1.52. The summed E-state index contributed by atoms with van der Waals surface area (Å²) in [5, 5.41) is 6.38. The molecule has 2 N–H and O–H groups in total. The Hall–Kier alpha value is -0.780. The van der Waals surface area contributed by atoms with E-state index < -0.39 is 9.84 Å². The van der Waals surface area contributed by atoms with Crippen molar-refractivity contribution in [3.05, 3.63) is 0 Å². The summed E-state index contributed by atoms with van der Waals surface area (Å²) in [6, 6.07) is 0.496. The second kappa shape index (κ2) is 5.52. The molecule has 1 fully saturated rings. The van der Waals surface area contributed by atoms with E-state index in [2.05, 4.69) is 22.5 Å². The van der Waals surface area contributed by atoms with E-state index in [1.54, 1.807) is 0 Å². The van der Waals surface area contributed by atoms with E-state index >= 15 is 0 Å². The van der Waals surface area contributed by atoms with Crippen molar-refractivity contribution < 1.29 is 8.42 Å². The van der Waals surface area contributed by atoms with Gasteiger partial charge >= 0.3 is 0 Å². The highest BCUT2D eigenvalue weighted by Crippen LogP contribution is 2.28. The van der Waals surface area contributed by atoms with E-state index in [0.29, 0.717) is 18.5 Å². The van der Waals surface area contributed by atoms with E-state index in [4.69, 9.17) is 0 Å². The van der Waals surface area contributed by atoms with Crippen molar-refractivity contribution in [1.82, 2.24) is 10.6 Å². The van der Waals surface area contributed by atoms with E-state index in [0.717, 1.165) is 18.9 Å². The Morgan fingerprint density at radius 2 is 2.12 bits per heavy atom. The van der Waals surface area contributed by atoms with Crippen LogP contribution in [0.5, 0.6) is 0 Å². The van der Waals surface area contributed by atoms with Gasteiger partial charge in [-0.3, -0.25) is 4.99 Å². The van der Waals surface area contributed by atoms with Gasteiger partial charge in [0, 0.05) is 18.8 Å². The zero-order valence-corrected chi connectivity index (χ0v) is 11.0. The van der Waals surface area contributed by atoms with E-state index in [1.807, 2.05) is 6.92 Å². The molecule has 1 aliphatic carbocycles. The number of hydrogen-bond donors (Lipinski definition) is 2. The van der Waals surface area contributed by atoms with Crippen molar-refractivity contribution in [2.24, 2.45) is 10.9 Å². The predicted octanol–water partition coefficient (Wildman–Crippen LogP) is -0.00550. The van der Waals surface area contributed by atoms with Gasteiger partial charge in [-0.25, -0.2) is 8.42 Å². The molecule has 16 heavy (non-hydrogen) atoms. The Morgan fingerprint density at radius 1 is 1.50 bits per heavy atom. The fourth-order valence-electron chi connectivity index (χ4n) is 1.34. The summed E-state index contributed by atoms with van der Waals surface area (Å²) >= 11 is 0. The van der Waals surface area contributed by atoms with Crippen LogP contribution in [0.4, 0.5) is 0 Å². The van der Waals surface area contributed by atoms with Gasteiger partial charge in [0.25, 0.3) is 0 Å². The fraction of sp³-hybridized carbons (Fsp3) is 0.900. The van der Waals surface area contributed by atoms with Crippen LogP contribution < -0.4 is 10.6 Å². The summed E-state index contributed by atoms with van der Waals surface area (Å²) in [7, 11) is -2.92. The lowest BCUT2D eigenvalue weighted by molar-refractivity contribution is 0.601. The van der Waals surface area contributed by atoms with Crippen LogP contribution in [0, 0.1) is 5.92 Å². The van der Waals surface area contributed by atoms with Gasteiger partial charge in [0.05, 0.1) is 12.3 Å². The summed E-state index contributed by atoms with van der Waals surface area (Å²) in [6.07, 6.45) is 2.39. The largest absolute Gasteiger partial charge is 0.357 e. The summed E-state index contributed by atoms with van der Waals surface area (Å²) < 4.78 is 21.9. The number of rotatable bonds is 5. The lowest BCUT2D eigenvalue weighted by atomic mass is 10.5. The van der Waals surface area contributed by atoms with Gasteiger partial charge in [-0.2, -0.15) is 0 Å². The molecular weight excluding hydrogens is 226 g/mol. The van der Waals surface area contributed by atoms with Gasteiger partial charge < -0.3 is 10.6 Å². The number of aliphatic imine (C=N–C) groups is 1. The van der Waals surface area contributed by atoms with Crippen LogP contribution in [-0.2, 0) is 9.84 Å². The third kappa shape index (κ3) is 5.34. The fourth-order valence-corrected chi connectivity index (χ4v) is 1.76. The first-order chi connectivity index (χ1) is 7.42. The lowest BCUT2D eigenvalue weighted by Gasteiger charge is -2.10. The lowest BCUT2D eigenvalue weighted by Crippen LogP contribution is -2.39. The molecule has 1 aliphatic rings. The summed E-state index contributed by atoms with van der Waals surface area (Å²) in [6.45, 7) is 5.27. The molecule has 1 saturated carbocycles. The normalized spacial score (nSPS) is 25.3. The smallest absolute Gasteiger partial charge is 0.191 e. The predicted molar refractivity (Wildman–Crippen MR) is 66.4 cm³/mol. The standard InChI is InChI=1S/C10H21N3O2S/c1-4-11-10(13-9-7-8(9)2)12-5-6-16(3,14)15/h8-9H,4-7H2,1-3H3,(H2,11,12,13). The highest BCUT2D eigenvalue weighted by atomic mass is 32.2. The number of hydrogen-bond acceptors (Lipinski definition) is 3. The molecule has 1 rings (SSSR count). The first-order valence-corrected chi connectivity index (χ1v) is 7.71. The zero-order valence-electron chi connectivity index (χ0n) is 10.2. The van der Waals surface area contributed by atoms with Crippen LogP contribution in [0.1, 0.15) is 20.3 Å². The Kier molecular flexibility index (Phi) is 4.58. The van der Waals surface area contributed by atoms with E-state index in [-0.39, 0.29) is 5.75 Å². The molecular formula is C10H21N3O2S. The molecule has 94 valence electrons. The van der Waals surface area contributed by atoms with Crippen LogP contribution in [0.15, 0.2) is 4.99 Å². The molecule has 5 nitrogen and oxygen atoms in total. The van der Waals surface area contributed by atoms with Crippen molar-refractivity contribution in [1.29, 1.82) is 0 Å². The second-order valence-electron chi connectivity index (χ2n) is 4.35. The number of nitrogens with zero attached hydrogens (tertiary/aromatic N) is 1. The Morgan fingerprint density at radius 3 is 2.56 bits per heavy atom. The quantitative estimate of drug-likeness (QED) is 0.530. The maximum absolute atomic E-state index is 10.9. The van der Waals surface area contributed by atoms with Crippen LogP contribution in [-0.4, -0.2) is 45.5 Å². The van der Waals surface area contributed by atoms with Crippen molar-refractivity contribution in [2.45, 2.75) is 26.3 Å². The van der Waals surface area contributed by atoms with Gasteiger partial charge in [0.1, 0.15) is 9.84 Å². The van der Waals surface area contributed by atoms with E-state index in [9.17, 15) is 8.42 Å². The van der Waals surface area contributed by atoms with Crippen molar-refractivity contribution in [3.8, 4) is 0 Å². The van der Waals surface area contributed by atoms with Gasteiger partial charge in [-0.05, 0) is 19.3 Å². The zero-order chi connectivity index (χ0) is 12.2. The highest BCUT2D eigenvalue weighted by molar-refractivity contribution is 7.90. The van der Waals surface area contributed by atoms with Crippen molar-refractivity contribution in [3.63, 3.8) is 0 Å². The topological polar surface area (TPSA) is 70.6 Å². The molecule has 0 aromatic heterocycles. The first-order valence-electron chi connectivity index (χ1n) is 5.65. The van der Waals surface area contributed by atoms with Crippen LogP contribution in [0.25, 0.3) is 0 Å². The third-order valence-electron chi connectivity index (χ3n) is 2.51. The number of guanidine groups is 1. The van der Waals surface area contributed by atoms with E-state index in [1.165, 1.54) is 6.26 Å². The molecule has 0 bridgehead atoms. The molecule has 0 spiro atoms. The van der Waals surface area contributed by atoms with Crippen LogP contribution in [0.2, 0.25) is 0 Å². The van der Waals surface area contributed by atoms with Crippen molar-refractivity contribution in [2.75, 3.05) is 25.1 Å². The molecule has 2 unspecified atom stereocenters. The Bertz CT molecular complexity index is 351. The molecule has 0 aromatic rings. The first kappa shape index (κ1) is 13.3. The minimum atomic E-state index is -2.92. The highest BCUT2D eigenvalue weighted by Gasteiger charge is 2.33. The minimum absolute atomic E-state index is 0.101. The number of nitrogens with one attached hydrogen (secondary N) is 2. The molecule has 0 amide bonds. The molecule has 6 heteroatoms. The maximum atomic E-state index is 10.9.